The van der Waals surface area contributed by atoms with Gasteiger partial charge in [-0.25, -0.2) is 9.88 Å². The van der Waals surface area contributed by atoms with Crippen LogP contribution >= 0.6 is 0 Å². The van der Waals surface area contributed by atoms with Crippen LogP contribution in [0, 0.1) is 0 Å². The molecule has 3 aromatic rings. The Morgan fingerprint density at radius 1 is 1.13 bits per heavy atom. The highest BCUT2D eigenvalue weighted by atomic mass is 16.5. The summed E-state index contributed by atoms with van der Waals surface area (Å²) in [5.74, 6) is 0.351. The van der Waals surface area contributed by atoms with Crippen LogP contribution in [0.25, 0.3) is 10.9 Å². The lowest BCUT2D eigenvalue weighted by Gasteiger charge is -2.23. The van der Waals surface area contributed by atoms with Gasteiger partial charge in [0.25, 0.3) is 11.5 Å². The van der Waals surface area contributed by atoms with Crippen molar-refractivity contribution >= 4 is 28.4 Å². The Morgan fingerprint density at radius 2 is 1.87 bits per heavy atom. The number of carbonyl (C=O) groups excluding carboxylic acids is 2. The Labute approximate surface area is 179 Å². The molecular formula is C23H24N4O4. The van der Waals surface area contributed by atoms with E-state index in [1.54, 1.807) is 48.3 Å². The lowest BCUT2D eigenvalue weighted by Crippen LogP contribution is -2.40. The summed E-state index contributed by atoms with van der Waals surface area (Å²) < 4.78 is 5.73. The molecule has 1 unspecified atom stereocenters. The number of ether oxygens (including phenoxy) is 1. The number of fused-ring (bicyclic) bond motifs is 1. The SMILES string of the molecule is CCCOc1ccccc1N1C(=O)CC(N(C)Cc2nc3ccccc3c(=O)[nH]2)C1=O. The molecule has 1 N–H and O–H groups in total. The quantitative estimate of drug-likeness (QED) is 0.590. The van der Waals surface area contributed by atoms with E-state index in [9.17, 15) is 14.4 Å². The summed E-state index contributed by atoms with van der Waals surface area (Å²) in [7, 11) is 1.74. The molecule has 2 amide bonds. The van der Waals surface area contributed by atoms with Crippen LogP contribution in [-0.4, -0.2) is 46.4 Å². The standard InChI is InChI=1S/C23H24N4O4/c1-3-12-31-19-11-7-6-10-17(19)27-21(28)13-18(23(27)30)26(2)14-20-24-16-9-5-4-8-15(16)22(29)25-20/h4-11,18H,3,12-14H2,1-2H3,(H,24,25,29). The molecule has 1 saturated heterocycles. The third-order valence-corrected chi connectivity index (χ3v) is 5.28. The van der Waals surface area contributed by atoms with Gasteiger partial charge >= 0.3 is 0 Å². The predicted octanol–water partition coefficient (Wildman–Crippen LogP) is 2.48. The average molecular weight is 420 g/mol. The molecule has 0 saturated carbocycles. The fraction of sp³-hybridized carbons (Fsp3) is 0.304. The van der Waals surface area contributed by atoms with Crippen LogP contribution in [-0.2, 0) is 16.1 Å². The molecule has 4 rings (SSSR count). The van der Waals surface area contributed by atoms with Crippen molar-refractivity contribution in [3.8, 4) is 5.75 Å². The van der Waals surface area contributed by atoms with Crippen LogP contribution in [0.15, 0.2) is 53.3 Å². The molecule has 2 aromatic carbocycles. The van der Waals surface area contributed by atoms with E-state index in [4.69, 9.17) is 4.74 Å². The van der Waals surface area contributed by atoms with Crippen LogP contribution in [0.4, 0.5) is 5.69 Å². The number of imide groups is 1. The molecule has 0 spiro atoms. The van der Waals surface area contributed by atoms with E-state index < -0.39 is 6.04 Å². The van der Waals surface area contributed by atoms with E-state index in [1.807, 2.05) is 19.1 Å². The summed E-state index contributed by atoms with van der Waals surface area (Å²) in [6, 6.07) is 13.5. The van der Waals surface area contributed by atoms with Crippen LogP contribution < -0.4 is 15.2 Å². The number of likely N-dealkylation sites (N-methyl/N-ethyl adjacent to an activating group) is 1. The van der Waals surface area contributed by atoms with Gasteiger partial charge in [-0.05, 0) is 37.7 Å². The van der Waals surface area contributed by atoms with Gasteiger partial charge in [0.2, 0.25) is 5.91 Å². The van der Waals surface area contributed by atoms with Crippen LogP contribution in [0.5, 0.6) is 5.75 Å². The lowest BCUT2D eigenvalue weighted by molar-refractivity contribution is -0.122. The molecule has 160 valence electrons. The molecule has 1 aliphatic heterocycles. The van der Waals surface area contributed by atoms with E-state index in [0.717, 1.165) is 6.42 Å². The average Bonchev–Trinajstić information content (AvgIpc) is 3.06. The molecule has 1 aliphatic rings. The van der Waals surface area contributed by atoms with Gasteiger partial charge in [-0.2, -0.15) is 0 Å². The van der Waals surface area contributed by atoms with Gasteiger partial charge < -0.3 is 9.72 Å². The van der Waals surface area contributed by atoms with Crippen LogP contribution in [0.2, 0.25) is 0 Å². The van der Waals surface area contributed by atoms with Crippen molar-refractivity contribution in [3.63, 3.8) is 0 Å². The number of H-pyrrole nitrogens is 1. The highest BCUT2D eigenvalue weighted by molar-refractivity contribution is 6.23. The summed E-state index contributed by atoms with van der Waals surface area (Å²) in [4.78, 5) is 48.4. The molecule has 1 aromatic heterocycles. The Balaban J connectivity index is 1.56. The second-order valence-corrected chi connectivity index (χ2v) is 7.55. The van der Waals surface area contributed by atoms with Gasteiger partial charge in [-0.3, -0.25) is 19.3 Å². The largest absolute Gasteiger partial charge is 0.491 e. The maximum Gasteiger partial charge on any atom is 0.258 e. The van der Waals surface area contributed by atoms with Crippen molar-refractivity contribution in [2.24, 2.45) is 0 Å². The molecule has 1 fully saturated rings. The number of anilines is 1. The molecule has 31 heavy (non-hydrogen) atoms. The second kappa shape index (κ2) is 8.69. The number of rotatable bonds is 7. The number of amides is 2. The lowest BCUT2D eigenvalue weighted by atomic mass is 10.2. The van der Waals surface area contributed by atoms with Crippen molar-refractivity contribution in [2.75, 3.05) is 18.6 Å². The minimum Gasteiger partial charge on any atom is -0.491 e. The predicted molar refractivity (Wildman–Crippen MR) is 117 cm³/mol. The van der Waals surface area contributed by atoms with Gasteiger partial charge in [0.05, 0.1) is 42.2 Å². The number of aromatic nitrogens is 2. The first-order valence-corrected chi connectivity index (χ1v) is 10.3. The Bertz CT molecular complexity index is 1190. The number of nitrogens with zero attached hydrogens (tertiary/aromatic N) is 3. The van der Waals surface area contributed by atoms with Gasteiger partial charge in [-0.15, -0.1) is 0 Å². The highest BCUT2D eigenvalue weighted by Crippen LogP contribution is 2.33. The van der Waals surface area contributed by atoms with Crippen molar-refractivity contribution in [1.29, 1.82) is 0 Å². The summed E-state index contributed by atoms with van der Waals surface area (Å²) in [5.41, 5.74) is 0.817. The Kier molecular flexibility index (Phi) is 5.81. The second-order valence-electron chi connectivity index (χ2n) is 7.55. The van der Waals surface area contributed by atoms with Gasteiger partial charge in [-0.1, -0.05) is 31.2 Å². The van der Waals surface area contributed by atoms with Crippen molar-refractivity contribution in [3.05, 3.63) is 64.7 Å². The van der Waals surface area contributed by atoms with Crippen molar-refractivity contribution in [2.45, 2.75) is 32.4 Å². The third kappa shape index (κ3) is 4.06. The van der Waals surface area contributed by atoms with Crippen molar-refractivity contribution < 1.29 is 14.3 Å². The van der Waals surface area contributed by atoms with Gasteiger partial charge in [0.1, 0.15) is 11.6 Å². The zero-order chi connectivity index (χ0) is 22.0. The summed E-state index contributed by atoms with van der Waals surface area (Å²) in [6.07, 6.45) is 0.869. The molecule has 2 heterocycles. The number of aromatic amines is 1. The molecule has 0 bridgehead atoms. The minimum atomic E-state index is -0.650. The monoisotopic (exact) mass is 420 g/mol. The summed E-state index contributed by atoms with van der Waals surface area (Å²) >= 11 is 0. The zero-order valence-electron chi connectivity index (χ0n) is 17.5. The van der Waals surface area contributed by atoms with Crippen LogP contribution in [0.1, 0.15) is 25.6 Å². The fourth-order valence-corrected chi connectivity index (χ4v) is 3.75. The third-order valence-electron chi connectivity index (χ3n) is 5.28. The van der Waals surface area contributed by atoms with E-state index >= 15 is 0 Å². The first-order chi connectivity index (χ1) is 15.0. The molecule has 0 radical (unpaired) electrons. The number of carbonyl (C=O) groups is 2. The van der Waals surface area contributed by atoms with E-state index in [2.05, 4.69) is 9.97 Å². The van der Waals surface area contributed by atoms with E-state index in [-0.39, 0.29) is 30.3 Å². The first kappa shape index (κ1) is 20.7. The summed E-state index contributed by atoms with van der Waals surface area (Å²) in [5, 5.41) is 0.510. The Morgan fingerprint density at radius 3 is 2.68 bits per heavy atom. The topological polar surface area (TPSA) is 95.6 Å². The van der Waals surface area contributed by atoms with Crippen molar-refractivity contribution in [1.82, 2.24) is 14.9 Å². The molecule has 8 heteroatoms. The number of hydrogen-bond acceptors (Lipinski definition) is 6. The highest BCUT2D eigenvalue weighted by Gasteiger charge is 2.42. The number of benzene rings is 2. The zero-order valence-corrected chi connectivity index (χ0v) is 17.5. The molecule has 1 atom stereocenters. The van der Waals surface area contributed by atoms with Gasteiger partial charge in [0, 0.05) is 0 Å². The minimum absolute atomic E-state index is 0.0509. The molecule has 0 aliphatic carbocycles. The molecular weight excluding hydrogens is 396 g/mol. The normalized spacial score (nSPS) is 16.5. The van der Waals surface area contributed by atoms with Gasteiger partial charge in [0.15, 0.2) is 0 Å². The Hall–Kier alpha value is -3.52. The number of para-hydroxylation sites is 3. The maximum absolute atomic E-state index is 13.2. The fourth-order valence-electron chi connectivity index (χ4n) is 3.75. The van der Waals surface area contributed by atoms with E-state index in [0.29, 0.717) is 34.8 Å². The summed E-state index contributed by atoms with van der Waals surface area (Å²) in [6.45, 7) is 2.72. The molecule has 8 nitrogen and oxygen atoms in total. The maximum atomic E-state index is 13.2. The van der Waals surface area contributed by atoms with Crippen LogP contribution in [0.3, 0.4) is 0 Å². The number of nitrogens with one attached hydrogen (secondary N) is 1. The smallest absolute Gasteiger partial charge is 0.258 e. The van der Waals surface area contributed by atoms with E-state index in [1.165, 1.54) is 4.90 Å². The number of hydrogen-bond donors (Lipinski definition) is 1. The first-order valence-electron chi connectivity index (χ1n) is 10.3.